The molecule has 1 aromatic carbocycles. The van der Waals surface area contributed by atoms with Gasteiger partial charge in [-0.15, -0.1) is 0 Å². The van der Waals surface area contributed by atoms with Gasteiger partial charge < -0.3 is 10.4 Å². The SMILES string of the molecule is CNC(=O)CCN(C)C1CCCc2cc(O)ccc21. The number of carbonyl (C=O) groups excluding carboxylic acids is 1. The summed E-state index contributed by atoms with van der Waals surface area (Å²) in [6, 6.07) is 6.00. The Morgan fingerprint density at radius 3 is 3.05 bits per heavy atom. The lowest BCUT2D eigenvalue weighted by atomic mass is 9.86. The molecule has 1 unspecified atom stereocenters. The molecule has 1 aliphatic rings. The number of fused-ring (bicyclic) bond motifs is 1. The van der Waals surface area contributed by atoms with E-state index in [0.717, 1.165) is 25.8 Å². The largest absolute Gasteiger partial charge is 0.508 e. The molecule has 0 bridgehead atoms. The second kappa shape index (κ2) is 6.06. The Morgan fingerprint density at radius 2 is 2.32 bits per heavy atom. The molecule has 4 heteroatoms. The lowest BCUT2D eigenvalue weighted by Gasteiger charge is -2.33. The van der Waals surface area contributed by atoms with Crippen molar-refractivity contribution in [1.29, 1.82) is 0 Å². The van der Waals surface area contributed by atoms with E-state index in [1.807, 2.05) is 12.1 Å². The normalized spacial score (nSPS) is 18.2. The summed E-state index contributed by atoms with van der Waals surface area (Å²) in [6.07, 6.45) is 3.80. The van der Waals surface area contributed by atoms with Gasteiger partial charge in [-0.25, -0.2) is 0 Å². The molecule has 1 aliphatic carbocycles. The van der Waals surface area contributed by atoms with E-state index in [4.69, 9.17) is 0 Å². The predicted octanol–water partition coefficient (Wildman–Crippen LogP) is 1.84. The smallest absolute Gasteiger partial charge is 0.221 e. The lowest BCUT2D eigenvalue weighted by Crippen LogP contribution is -2.31. The van der Waals surface area contributed by atoms with Gasteiger partial charge in [-0.3, -0.25) is 9.69 Å². The Hall–Kier alpha value is -1.55. The third-order valence-corrected chi connectivity index (χ3v) is 3.91. The van der Waals surface area contributed by atoms with Gasteiger partial charge in [-0.2, -0.15) is 0 Å². The molecule has 2 rings (SSSR count). The Labute approximate surface area is 114 Å². The first-order chi connectivity index (χ1) is 9.11. The molecule has 1 amide bonds. The van der Waals surface area contributed by atoms with Gasteiger partial charge in [0, 0.05) is 26.1 Å². The molecule has 0 heterocycles. The van der Waals surface area contributed by atoms with Crippen LogP contribution in [0, 0.1) is 0 Å². The van der Waals surface area contributed by atoms with Gasteiger partial charge in [0.2, 0.25) is 5.91 Å². The number of phenols is 1. The number of benzene rings is 1. The molecule has 1 aromatic rings. The molecule has 0 aliphatic heterocycles. The molecule has 19 heavy (non-hydrogen) atoms. The molecule has 0 fully saturated rings. The number of carbonyl (C=O) groups is 1. The summed E-state index contributed by atoms with van der Waals surface area (Å²) >= 11 is 0. The Morgan fingerprint density at radius 1 is 1.53 bits per heavy atom. The summed E-state index contributed by atoms with van der Waals surface area (Å²) < 4.78 is 0. The van der Waals surface area contributed by atoms with Crippen molar-refractivity contribution in [3.8, 4) is 5.75 Å². The molecule has 104 valence electrons. The van der Waals surface area contributed by atoms with Crippen molar-refractivity contribution in [1.82, 2.24) is 10.2 Å². The third kappa shape index (κ3) is 3.26. The highest BCUT2D eigenvalue weighted by molar-refractivity contribution is 5.75. The fraction of sp³-hybridized carbons (Fsp3) is 0.533. The zero-order valence-corrected chi connectivity index (χ0v) is 11.6. The molecule has 1 atom stereocenters. The van der Waals surface area contributed by atoms with E-state index >= 15 is 0 Å². The number of nitrogens with zero attached hydrogens (tertiary/aromatic N) is 1. The van der Waals surface area contributed by atoms with Crippen LogP contribution in [0.1, 0.15) is 36.4 Å². The number of hydrogen-bond donors (Lipinski definition) is 2. The molecule has 0 aromatic heterocycles. The maximum absolute atomic E-state index is 11.3. The van der Waals surface area contributed by atoms with E-state index in [1.165, 1.54) is 11.1 Å². The van der Waals surface area contributed by atoms with Crippen LogP contribution < -0.4 is 5.32 Å². The minimum absolute atomic E-state index is 0.0774. The number of rotatable bonds is 4. The van der Waals surface area contributed by atoms with E-state index < -0.39 is 0 Å². The quantitative estimate of drug-likeness (QED) is 0.870. The topological polar surface area (TPSA) is 52.6 Å². The standard InChI is InChI=1S/C15H22N2O2/c1-16-15(19)8-9-17(2)14-5-3-4-11-10-12(18)6-7-13(11)14/h6-7,10,14,18H,3-5,8-9H2,1-2H3,(H,16,19). The van der Waals surface area contributed by atoms with Gasteiger partial charge in [0.05, 0.1) is 0 Å². The van der Waals surface area contributed by atoms with Gasteiger partial charge in [-0.05, 0) is 49.6 Å². The third-order valence-electron chi connectivity index (χ3n) is 3.91. The maximum Gasteiger partial charge on any atom is 0.221 e. The summed E-state index contributed by atoms with van der Waals surface area (Å²) in [4.78, 5) is 13.6. The van der Waals surface area contributed by atoms with E-state index in [1.54, 1.807) is 13.1 Å². The van der Waals surface area contributed by atoms with Crippen molar-refractivity contribution in [2.45, 2.75) is 31.7 Å². The van der Waals surface area contributed by atoms with Crippen molar-refractivity contribution in [3.05, 3.63) is 29.3 Å². The van der Waals surface area contributed by atoms with Gasteiger partial charge >= 0.3 is 0 Å². The van der Waals surface area contributed by atoms with Crippen molar-refractivity contribution in [2.75, 3.05) is 20.6 Å². The van der Waals surface area contributed by atoms with Crippen molar-refractivity contribution >= 4 is 5.91 Å². The Bertz CT molecular complexity index is 459. The lowest BCUT2D eigenvalue weighted by molar-refractivity contribution is -0.121. The number of phenolic OH excluding ortho intramolecular Hbond substituents is 1. The molecule has 2 N–H and O–H groups in total. The van der Waals surface area contributed by atoms with Crippen LogP contribution >= 0.6 is 0 Å². The first-order valence-electron chi connectivity index (χ1n) is 6.84. The predicted molar refractivity (Wildman–Crippen MR) is 75.1 cm³/mol. The van der Waals surface area contributed by atoms with Crippen LogP contribution in [0.5, 0.6) is 5.75 Å². The number of aromatic hydroxyl groups is 1. The summed E-state index contributed by atoms with van der Waals surface area (Å²) in [7, 11) is 3.73. The zero-order chi connectivity index (χ0) is 13.8. The van der Waals surface area contributed by atoms with Gasteiger partial charge in [-0.1, -0.05) is 6.07 Å². The number of amides is 1. The Kier molecular flexibility index (Phi) is 4.43. The van der Waals surface area contributed by atoms with E-state index in [-0.39, 0.29) is 5.91 Å². The van der Waals surface area contributed by atoms with Crippen LogP contribution in [0.25, 0.3) is 0 Å². The molecule has 0 saturated carbocycles. The van der Waals surface area contributed by atoms with Crippen LogP contribution in [0.2, 0.25) is 0 Å². The van der Waals surface area contributed by atoms with E-state index in [2.05, 4.69) is 17.3 Å². The molecule has 0 spiro atoms. The van der Waals surface area contributed by atoms with Crippen LogP contribution in [-0.4, -0.2) is 36.6 Å². The van der Waals surface area contributed by atoms with Crippen LogP contribution in [0.3, 0.4) is 0 Å². The van der Waals surface area contributed by atoms with Crippen LogP contribution in [0.4, 0.5) is 0 Å². The monoisotopic (exact) mass is 262 g/mol. The minimum atomic E-state index is 0.0774. The molecule has 4 nitrogen and oxygen atoms in total. The second-order valence-electron chi connectivity index (χ2n) is 5.19. The van der Waals surface area contributed by atoms with Crippen molar-refractivity contribution in [3.63, 3.8) is 0 Å². The van der Waals surface area contributed by atoms with Gasteiger partial charge in [0.1, 0.15) is 5.75 Å². The summed E-state index contributed by atoms with van der Waals surface area (Å²) in [6.45, 7) is 0.755. The van der Waals surface area contributed by atoms with Crippen molar-refractivity contribution in [2.24, 2.45) is 0 Å². The first kappa shape index (κ1) is 13.9. The van der Waals surface area contributed by atoms with E-state index in [9.17, 15) is 9.90 Å². The summed E-state index contributed by atoms with van der Waals surface area (Å²) in [5.41, 5.74) is 2.53. The summed E-state index contributed by atoms with van der Waals surface area (Å²) in [5, 5.41) is 12.2. The highest BCUT2D eigenvalue weighted by Gasteiger charge is 2.24. The first-order valence-corrected chi connectivity index (χ1v) is 6.84. The highest BCUT2D eigenvalue weighted by atomic mass is 16.3. The zero-order valence-electron chi connectivity index (χ0n) is 11.6. The second-order valence-corrected chi connectivity index (χ2v) is 5.19. The fourth-order valence-corrected chi connectivity index (χ4v) is 2.79. The molecule has 0 saturated heterocycles. The fourth-order valence-electron chi connectivity index (χ4n) is 2.79. The number of aryl methyl sites for hydroxylation is 1. The molecule has 0 radical (unpaired) electrons. The van der Waals surface area contributed by atoms with Gasteiger partial charge in [0.25, 0.3) is 0 Å². The maximum atomic E-state index is 11.3. The molecular weight excluding hydrogens is 240 g/mol. The van der Waals surface area contributed by atoms with E-state index in [0.29, 0.717) is 18.2 Å². The minimum Gasteiger partial charge on any atom is -0.508 e. The summed E-state index contributed by atoms with van der Waals surface area (Å²) in [5.74, 6) is 0.418. The number of hydrogen-bond acceptors (Lipinski definition) is 3. The molecular formula is C15H22N2O2. The highest BCUT2D eigenvalue weighted by Crippen LogP contribution is 2.35. The van der Waals surface area contributed by atoms with Gasteiger partial charge in [0.15, 0.2) is 0 Å². The van der Waals surface area contributed by atoms with Crippen molar-refractivity contribution < 1.29 is 9.90 Å². The van der Waals surface area contributed by atoms with Crippen LogP contribution in [0.15, 0.2) is 18.2 Å². The average Bonchev–Trinajstić information content (AvgIpc) is 2.43. The van der Waals surface area contributed by atoms with Crippen LogP contribution in [-0.2, 0) is 11.2 Å². The average molecular weight is 262 g/mol. The number of nitrogens with one attached hydrogen (secondary N) is 1. The Balaban J connectivity index is 2.08.